The third-order valence-corrected chi connectivity index (χ3v) is 4.27. The van der Waals surface area contributed by atoms with Crippen molar-refractivity contribution in [1.82, 2.24) is 0 Å². The van der Waals surface area contributed by atoms with Gasteiger partial charge in [0.25, 0.3) is 0 Å². The van der Waals surface area contributed by atoms with E-state index in [0.29, 0.717) is 152 Å². The average molecular weight is 546 g/mol. The fourth-order valence-corrected chi connectivity index (χ4v) is 2.45. The molecule has 0 aromatic rings. The normalized spacial score (nSPS) is 11.5. The molecule has 0 aliphatic carbocycles. The van der Waals surface area contributed by atoms with Gasteiger partial charge in [0.15, 0.2) is 0 Å². The SMILES string of the molecule is CCOCCOCCOCCOCCOCCOCCOCCOCCOCCOCCOCCON. The lowest BCUT2D eigenvalue weighted by molar-refractivity contribution is -0.0283. The van der Waals surface area contributed by atoms with Crippen molar-refractivity contribution in [3.63, 3.8) is 0 Å². The van der Waals surface area contributed by atoms with E-state index >= 15 is 0 Å². The molecule has 37 heavy (non-hydrogen) atoms. The van der Waals surface area contributed by atoms with Gasteiger partial charge in [-0.3, -0.25) is 0 Å². The summed E-state index contributed by atoms with van der Waals surface area (Å²) in [7, 11) is 0. The van der Waals surface area contributed by atoms with E-state index in [1.165, 1.54) is 0 Å². The highest BCUT2D eigenvalue weighted by Gasteiger charge is 1.96. The molecule has 13 heteroatoms. The highest BCUT2D eigenvalue weighted by atomic mass is 16.6. The molecule has 13 nitrogen and oxygen atoms in total. The van der Waals surface area contributed by atoms with Crippen molar-refractivity contribution in [3.8, 4) is 0 Å². The first-order valence-electron chi connectivity index (χ1n) is 13.1. The van der Waals surface area contributed by atoms with Crippen molar-refractivity contribution in [2.24, 2.45) is 5.90 Å². The van der Waals surface area contributed by atoms with E-state index in [4.69, 9.17) is 58.0 Å². The lowest BCUT2D eigenvalue weighted by atomic mass is 10.6. The van der Waals surface area contributed by atoms with Crippen LogP contribution in [-0.2, 0) is 56.9 Å². The summed E-state index contributed by atoms with van der Waals surface area (Å²) in [6.07, 6.45) is 0. The summed E-state index contributed by atoms with van der Waals surface area (Å²) in [6, 6.07) is 0. The lowest BCUT2D eigenvalue weighted by Crippen LogP contribution is -2.15. The molecule has 0 heterocycles. The Morgan fingerprint density at radius 1 is 0.270 bits per heavy atom. The molecular weight excluding hydrogens is 494 g/mol. The fraction of sp³-hybridized carbons (Fsp3) is 1.00. The monoisotopic (exact) mass is 545 g/mol. The average Bonchev–Trinajstić information content (AvgIpc) is 2.91. The van der Waals surface area contributed by atoms with Gasteiger partial charge in [0.2, 0.25) is 0 Å². The van der Waals surface area contributed by atoms with Crippen LogP contribution in [-0.4, -0.2) is 152 Å². The first-order valence-corrected chi connectivity index (χ1v) is 13.1. The maximum atomic E-state index is 5.45. The minimum atomic E-state index is 0.376. The predicted octanol–water partition coefficient (Wildman–Crippen LogP) is 0.0792. The zero-order valence-electron chi connectivity index (χ0n) is 22.7. The van der Waals surface area contributed by atoms with Crippen LogP contribution in [0.5, 0.6) is 0 Å². The van der Waals surface area contributed by atoms with Crippen LogP contribution in [0.25, 0.3) is 0 Å². The molecule has 0 bridgehead atoms. The summed E-state index contributed by atoms with van der Waals surface area (Å²) in [6.45, 7) is 14.1. The van der Waals surface area contributed by atoms with E-state index in [9.17, 15) is 0 Å². The Balaban J connectivity index is 3.00. The van der Waals surface area contributed by atoms with E-state index in [-0.39, 0.29) is 0 Å². The Morgan fingerprint density at radius 3 is 0.595 bits per heavy atom. The van der Waals surface area contributed by atoms with Crippen LogP contribution in [0.15, 0.2) is 0 Å². The van der Waals surface area contributed by atoms with E-state index in [1.807, 2.05) is 6.92 Å². The molecule has 0 spiro atoms. The molecule has 0 radical (unpaired) electrons. The Bertz CT molecular complexity index is 365. The number of nitrogens with two attached hydrogens (primary N) is 1. The van der Waals surface area contributed by atoms with Gasteiger partial charge in [-0.2, -0.15) is 0 Å². The topological polar surface area (TPSA) is 137 Å². The van der Waals surface area contributed by atoms with Gasteiger partial charge in [-0.15, -0.1) is 0 Å². The largest absolute Gasteiger partial charge is 0.379 e. The number of hydrogen-bond donors (Lipinski definition) is 1. The van der Waals surface area contributed by atoms with Crippen LogP contribution in [0.1, 0.15) is 6.92 Å². The summed E-state index contributed by atoms with van der Waals surface area (Å²) in [4.78, 5) is 4.38. The van der Waals surface area contributed by atoms with Crippen LogP contribution in [0.3, 0.4) is 0 Å². The second-order valence-corrected chi connectivity index (χ2v) is 7.19. The number of hydrogen-bond acceptors (Lipinski definition) is 13. The molecule has 0 saturated carbocycles. The molecule has 0 amide bonds. The second kappa shape index (κ2) is 35.5. The van der Waals surface area contributed by atoms with Gasteiger partial charge in [0, 0.05) is 6.61 Å². The van der Waals surface area contributed by atoms with Gasteiger partial charge in [0.1, 0.15) is 0 Å². The first-order chi connectivity index (χ1) is 18.4. The van der Waals surface area contributed by atoms with E-state index in [2.05, 4.69) is 4.84 Å². The van der Waals surface area contributed by atoms with Crippen molar-refractivity contribution in [3.05, 3.63) is 0 Å². The Morgan fingerprint density at radius 2 is 0.432 bits per heavy atom. The molecule has 0 saturated heterocycles. The number of rotatable bonds is 34. The third kappa shape index (κ3) is 35.5. The maximum absolute atomic E-state index is 5.45. The van der Waals surface area contributed by atoms with Crippen molar-refractivity contribution < 1.29 is 56.9 Å². The van der Waals surface area contributed by atoms with Gasteiger partial charge in [-0.05, 0) is 6.92 Å². The number of ether oxygens (including phenoxy) is 11. The quantitative estimate of drug-likeness (QED) is 0.0864. The predicted molar refractivity (Wildman–Crippen MR) is 135 cm³/mol. The molecule has 0 aromatic carbocycles. The minimum absolute atomic E-state index is 0.376. The van der Waals surface area contributed by atoms with Crippen molar-refractivity contribution in [2.75, 3.05) is 152 Å². The smallest absolute Gasteiger partial charge is 0.0913 e. The minimum Gasteiger partial charge on any atom is -0.379 e. The van der Waals surface area contributed by atoms with Crippen LogP contribution in [0.2, 0.25) is 0 Å². The molecule has 2 N–H and O–H groups in total. The third-order valence-electron chi connectivity index (χ3n) is 4.27. The van der Waals surface area contributed by atoms with Gasteiger partial charge in [0.05, 0.1) is 145 Å². The highest BCUT2D eigenvalue weighted by molar-refractivity contribution is 4.38. The van der Waals surface area contributed by atoms with Crippen LogP contribution in [0, 0.1) is 0 Å². The molecular formula is C24H51NO12. The molecule has 224 valence electrons. The Kier molecular flexibility index (Phi) is 35.0. The molecule has 0 aliphatic heterocycles. The van der Waals surface area contributed by atoms with Gasteiger partial charge in [-0.1, -0.05) is 0 Å². The molecule has 0 atom stereocenters. The van der Waals surface area contributed by atoms with Gasteiger partial charge in [-0.25, -0.2) is 5.90 Å². The maximum Gasteiger partial charge on any atom is 0.0913 e. The molecule has 0 aliphatic rings. The van der Waals surface area contributed by atoms with E-state index in [0.717, 1.165) is 0 Å². The fourth-order valence-electron chi connectivity index (χ4n) is 2.45. The van der Waals surface area contributed by atoms with Crippen molar-refractivity contribution in [1.29, 1.82) is 0 Å². The van der Waals surface area contributed by atoms with Crippen LogP contribution < -0.4 is 5.90 Å². The molecule has 0 unspecified atom stereocenters. The molecule has 0 aromatic heterocycles. The second-order valence-electron chi connectivity index (χ2n) is 7.19. The zero-order valence-corrected chi connectivity index (χ0v) is 22.7. The zero-order chi connectivity index (χ0) is 26.7. The molecule has 0 fully saturated rings. The summed E-state index contributed by atoms with van der Waals surface area (Å²) < 4.78 is 59.1. The highest BCUT2D eigenvalue weighted by Crippen LogP contribution is 1.87. The first kappa shape index (κ1) is 36.5. The summed E-state index contributed by atoms with van der Waals surface area (Å²) in [5.74, 6) is 4.88. The lowest BCUT2D eigenvalue weighted by Gasteiger charge is -2.09. The van der Waals surface area contributed by atoms with Gasteiger partial charge < -0.3 is 56.9 Å². The van der Waals surface area contributed by atoms with E-state index in [1.54, 1.807) is 0 Å². The van der Waals surface area contributed by atoms with E-state index < -0.39 is 0 Å². The van der Waals surface area contributed by atoms with Gasteiger partial charge >= 0.3 is 0 Å². The molecule has 0 rings (SSSR count). The Labute approximate surface area is 222 Å². The van der Waals surface area contributed by atoms with Crippen molar-refractivity contribution in [2.45, 2.75) is 6.92 Å². The van der Waals surface area contributed by atoms with Crippen LogP contribution in [0.4, 0.5) is 0 Å². The summed E-state index contributed by atoms with van der Waals surface area (Å²) in [5, 5.41) is 0. The summed E-state index contributed by atoms with van der Waals surface area (Å²) in [5.41, 5.74) is 0. The van der Waals surface area contributed by atoms with Crippen molar-refractivity contribution >= 4 is 0 Å². The Hall–Kier alpha value is -0.520. The summed E-state index contributed by atoms with van der Waals surface area (Å²) >= 11 is 0. The standard InChI is InChI=1S/C24H51NO12/c1-2-26-3-4-27-5-6-28-7-8-29-9-10-30-11-12-31-13-14-32-15-16-33-17-18-34-19-20-35-21-22-36-23-24-37-25/h2-25H2,1H3. The van der Waals surface area contributed by atoms with Crippen LogP contribution >= 0.6 is 0 Å².